The highest BCUT2D eigenvalue weighted by Gasteiger charge is 2.34. The molecule has 0 saturated carbocycles. The molecule has 0 aliphatic carbocycles. The topological polar surface area (TPSA) is 101 Å². The molecule has 2 rings (SSSR count). The molecule has 7 nitrogen and oxygen atoms in total. The Balaban J connectivity index is 2.18. The van der Waals surface area contributed by atoms with Crippen LogP contribution < -0.4 is 0 Å². The standard InChI is InChI=1S/C15H19NO6S/c1-2-22-15(19)12-4-3-9-16(10-12)23(20,21)13-7-5-11(6-8-13)14(17)18/h5-8,12H,2-4,9-10H2,1H3,(H,17,18)/t12-/m0/s1. The second-order valence-corrected chi connectivity index (χ2v) is 7.22. The largest absolute Gasteiger partial charge is 0.478 e. The molecule has 1 atom stereocenters. The number of ether oxygens (including phenoxy) is 1. The second-order valence-electron chi connectivity index (χ2n) is 5.28. The number of carboxylic acids is 1. The molecule has 1 aliphatic rings. The molecule has 1 saturated heterocycles. The molecule has 0 bridgehead atoms. The zero-order valence-electron chi connectivity index (χ0n) is 12.8. The fourth-order valence-electron chi connectivity index (χ4n) is 2.53. The van der Waals surface area contributed by atoms with E-state index in [0.717, 1.165) is 0 Å². The van der Waals surface area contributed by atoms with Crippen LogP contribution in [-0.2, 0) is 19.6 Å². The Kier molecular flexibility index (Phi) is 5.38. The van der Waals surface area contributed by atoms with Crippen molar-refractivity contribution in [1.82, 2.24) is 4.31 Å². The number of carbonyl (C=O) groups is 2. The highest BCUT2D eigenvalue weighted by Crippen LogP contribution is 2.24. The van der Waals surface area contributed by atoms with Crippen LogP contribution in [0.5, 0.6) is 0 Å². The van der Waals surface area contributed by atoms with E-state index in [0.29, 0.717) is 19.4 Å². The van der Waals surface area contributed by atoms with E-state index < -0.39 is 21.9 Å². The van der Waals surface area contributed by atoms with Gasteiger partial charge in [-0.1, -0.05) is 0 Å². The highest BCUT2D eigenvalue weighted by molar-refractivity contribution is 7.89. The average molecular weight is 341 g/mol. The lowest BCUT2D eigenvalue weighted by Gasteiger charge is -2.30. The number of sulfonamides is 1. The molecule has 126 valence electrons. The lowest BCUT2D eigenvalue weighted by molar-refractivity contribution is -0.149. The van der Waals surface area contributed by atoms with Gasteiger partial charge in [-0.25, -0.2) is 13.2 Å². The zero-order valence-corrected chi connectivity index (χ0v) is 13.6. The van der Waals surface area contributed by atoms with E-state index in [1.165, 1.54) is 28.6 Å². The van der Waals surface area contributed by atoms with Crippen molar-refractivity contribution in [3.8, 4) is 0 Å². The van der Waals surface area contributed by atoms with E-state index in [-0.39, 0.29) is 29.6 Å². The van der Waals surface area contributed by atoms with Crippen LogP contribution in [0.4, 0.5) is 0 Å². The number of carbonyl (C=O) groups excluding carboxylic acids is 1. The molecule has 1 aliphatic heterocycles. The van der Waals surface area contributed by atoms with E-state index in [9.17, 15) is 18.0 Å². The van der Waals surface area contributed by atoms with Crippen molar-refractivity contribution >= 4 is 22.0 Å². The van der Waals surface area contributed by atoms with Crippen LogP contribution in [0.3, 0.4) is 0 Å². The lowest BCUT2D eigenvalue weighted by atomic mass is 10.0. The molecule has 0 amide bonds. The molecule has 1 aromatic rings. The van der Waals surface area contributed by atoms with Gasteiger partial charge < -0.3 is 9.84 Å². The van der Waals surface area contributed by atoms with Crippen molar-refractivity contribution in [3.63, 3.8) is 0 Å². The molecular formula is C15H19NO6S. The van der Waals surface area contributed by atoms with Crippen molar-refractivity contribution in [1.29, 1.82) is 0 Å². The first-order valence-corrected chi connectivity index (χ1v) is 8.80. The van der Waals surface area contributed by atoms with E-state index in [1.807, 2.05) is 0 Å². The number of carboxylic acid groups (broad SMARTS) is 1. The number of benzene rings is 1. The Bertz CT molecular complexity index is 682. The van der Waals surface area contributed by atoms with Crippen LogP contribution in [0.25, 0.3) is 0 Å². The summed E-state index contributed by atoms with van der Waals surface area (Å²) in [6, 6.07) is 5.05. The number of hydrogen-bond acceptors (Lipinski definition) is 5. The molecule has 1 fully saturated rings. The number of hydrogen-bond donors (Lipinski definition) is 1. The van der Waals surface area contributed by atoms with Crippen molar-refractivity contribution in [2.75, 3.05) is 19.7 Å². The maximum Gasteiger partial charge on any atom is 0.335 e. The van der Waals surface area contributed by atoms with E-state index in [4.69, 9.17) is 9.84 Å². The average Bonchev–Trinajstić information content (AvgIpc) is 2.55. The number of piperidine rings is 1. The number of aromatic carboxylic acids is 1. The van der Waals surface area contributed by atoms with Gasteiger partial charge in [-0.2, -0.15) is 4.31 Å². The van der Waals surface area contributed by atoms with Crippen molar-refractivity contribution in [2.45, 2.75) is 24.7 Å². The van der Waals surface area contributed by atoms with Crippen LogP contribution in [0.2, 0.25) is 0 Å². The van der Waals surface area contributed by atoms with Crippen LogP contribution in [0.15, 0.2) is 29.2 Å². The van der Waals surface area contributed by atoms with Crippen molar-refractivity contribution in [2.24, 2.45) is 5.92 Å². The number of rotatable bonds is 5. The smallest absolute Gasteiger partial charge is 0.335 e. The van der Waals surface area contributed by atoms with Crippen LogP contribution >= 0.6 is 0 Å². The molecule has 8 heteroatoms. The molecule has 1 aromatic carbocycles. The Labute approximate surface area is 134 Å². The molecule has 1 heterocycles. The van der Waals surface area contributed by atoms with Crippen LogP contribution in [0.1, 0.15) is 30.1 Å². The predicted octanol–water partition coefficient (Wildman–Crippen LogP) is 1.35. The summed E-state index contributed by atoms with van der Waals surface area (Å²) in [5.41, 5.74) is 0.0204. The first-order valence-electron chi connectivity index (χ1n) is 7.36. The second kappa shape index (κ2) is 7.10. The van der Waals surface area contributed by atoms with Gasteiger partial charge in [0.15, 0.2) is 0 Å². The van der Waals surface area contributed by atoms with Gasteiger partial charge in [0.25, 0.3) is 0 Å². The third kappa shape index (κ3) is 3.89. The highest BCUT2D eigenvalue weighted by atomic mass is 32.2. The minimum atomic E-state index is -3.75. The minimum absolute atomic E-state index is 0.0204. The van der Waals surface area contributed by atoms with Gasteiger partial charge in [-0.05, 0) is 44.0 Å². The number of nitrogens with zero attached hydrogens (tertiary/aromatic N) is 1. The van der Waals surface area contributed by atoms with Gasteiger partial charge in [0.05, 0.1) is 23.0 Å². The maximum atomic E-state index is 12.6. The SMILES string of the molecule is CCOC(=O)[C@H]1CCCN(S(=O)(=O)c2ccc(C(=O)O)cc2)C1. The fourth-order valence-corrected chi connectivity index (χ4v) is 4.06. The predicted molar refractivity (Wildman–Crippen MR) is 81.5 cm³/mol. The fraction of sp³-hybridized carbons (Fsp3) is 0.467. The van der Waals surface area contributed by atoms with Gasteiger partial charge >= 0.3 is 11.9 Å². The summed E-state index contributed by atoms with van der Waals surface area (Å²) >= 11 is 0. The quantitative estimate of drug-likeness (QED) is 0.811. The summed E-state index contributed by atoms with van der Waals surface area (Å²) in [6.45, 7) is 2.39. The minimum Gasteiger partial charge on any atom is -0.478 e. The summed E-state index contributed by atoms with van der Waals surface area (Å²) in [5, 5.41) is 8.86. The molecule has 0 aromatic heterocycles. The third-order valence-corrected chi connectivity index (χ3v) is 5.62. The Morgan fingerprint density at radius 3 is 2.52 bits per heavy atom. The summed E-state index contributed by atoms with van der Waals surface area (Å²) < 4.78 is 31.5. The van der Waals surface area contributed by atoms with Gasteiger partial charge in [0, 0.05) is 13.1 Å². The van der Waals surface area contributed by atoms with Crippen molar-refractivity contribution in [3.05, 3.63) is 29.8 Å². The van der Waals surface area contributed by atoms with Gasteiger partial charge in [0.2, 0.25) is 10.0 Å². The third-order valence-electron chi connectivity index (χ3n) is 3.74. The van der Waals surface area contributed by atoms with Gasteiger partial charge in [0.1, 0.15) is 0 Å². The monoisotopic (exact) mass is 341 g/mol. The van der Waals surface area contributed by atoms with Crippen LogP contribution in [0, 0.1) is 5.92 Å². The maximum absolute atomic E-state index is 12.6. The molecule has 0 radical (unpaired) electrons. The molecule has 1 N–H and O–H groups in total. The van der Waals surface area contributed by atoms with E-state index in [1.54, 1.807) is 6.92 Å². The molecular weight excluding hydrogens is 322 g/mol. The summed E-state index contributed by atoms with van der Waals surface area (Å²) in [7, 11) is -3.75. The zero-order chi connectivity index (χ0) is 17.0. The van der Waals surface area contributed by atoms with E-state index in [2.05, 4.69) is 0 Å². The molecule has 0 unspecified atom stereocenters. The van der Waals surface area contributed by atoms with Gasteiger partial charge in [-0.15, -0.1) is 0 Å². The molecule has 0 spiro atoms. The Morgan fingerprint density at radius 2 is 1.96 bits per heavy atom. The Hall–Kier alpha value is -1.93. The van der Waals surface area contributed by atoms with Crippen molar-refractivity contribution < 1.29 is 27.9 Å². The van der Waals surface area contributed by atoms with Crippen LogP contribution in [-0.4, -0.2) is 49.5 Å². The lowest BCUT2D eigenvalue weighted by Crippen LogP contribution is -2.42. The summed E-state index contributed by atoms with van der Waals surface area (Å²) in [5.74, 6) is -1.96. The molecule has 23 heavy (non-hydrogen) atoms. The Morgan fingerprint density at radius 1 is 1.30 bits per heavy atom. The first kappa shape index (κ1) is 17.4. The normalized spacial score (nSPS) is 19.3. The number of esters is 1. The first-order chi connectivity index (χ1) is 10.9. The van der Waals surface area contributed by atoms with E-state index >= 15 is 0 Å². The summed E-state index contributed by atoms with van der Waals surface area (Å²) in [4.78, 5) is 22.7. The van der Waals surface area contributed by atoms with Gasteiger partial charge in [-0.3, -0.25) is 4.79 Å². The summed E-state index contributed by atoms with van der Waals surface area (Å²) in [6.07, 6.45) is 1.18.